The smallest absolute Gasteiger partial charge is 0.335 e. The third kappa shape index (κ3) is 2.36. The second-order valence-corrected chi connectivity index (χ2v) is 5.10. The molecule has 1 heterocycles. The van der Waals surface area contributed by atoms with Crippen molar-refractivity contribution in [3.8, 4) is 0 Å². The molecule has 0 bridgehead atoms. The molecule has 1 aromatic carbocycles. The Bertz CT molecular complexity index is 701. The number of nitrogens with zero attached hydrogens (tertiary/aromatic N) is 2. The number of benzene rings is 1. The Labute approximate surface area is 115 Å². The van der Waals surface area contributed by atoms with Crippen molar-refractivity contribution in [3.05, 3.63) is 29.6 Å². The fourth-order valence-electron chi connectivity index (χ4n) is 2.23. The summed E-state index contributed by atoms with van der Waals surface area (Å²) in [6.45, 7) is 2.02. The molecule has 1 aromatic heterocycles. The maximum Gasteiger partial charge on any atom is 0.335 e. The minimum Gasteiger partial charge on any atom is -0.478 e. The first kappa shape index (κ1) is 12.7. The van der Waals surface area contributed by atoms with Crippen LogP contribution >= 0.6 is 0 Å². The molecule has 2 N–H and O–H groups in total. The van der Waals surface area contributed by atoms with E-state index in [1.165, 1.54) is 12.1 Å². The molecule has 20 heavy (non-hydrogen) atoms. The second-order valence-electron chi connectivity index (χ2n) is 5.10. The van der Waals surface area contributed by atoms with Gasteiger partial charge in [-0.1, -0.05) is 0 Å². The summed E-state index contributed by atoms with van der Waals surface area (Å²) in [5.74, 6) is -0.309. The van der Waals surface area contributed by atoms with Gasteiger partial charge in [0.05, 0.1) is 16.6 Å². The highest BCUT2D eigenvalue weighted by Gasteiger charge is 2.23. The highest BCUT2D eigenvalue weighted by Crippen LogP contribution is 2.20. The van der Waals surface area contributed by atoms with E-state index in [0.717, 1.165) is 18.4 Å². The van der Waals surface area contributed by atoms with Gasteiger partial charge in [-0.3, -0.25) is 4.79 Å². The first-order valence-electron chi connectivity index (χ1n) is 6.54. The van der Waals surface area contributed by atoms with Gasteiger partial charge in [0.2, 0.25) is 5.91 Å². The standard InChI is InChI=1S/C14H15N3O3/c1-8-15-11-6-9(14(19)20)2-5-12(11)17(8)7-13(18)16-10-3-4-10/h2,5-6,10H,3-4,7H2,1H3,(H,16,18)(H,19,20). The fraction of sp³-hybridized carbons (Fsp3) is 0.357. The number of carboxylic acid groups (broad SMARTS) is 1. The molecule has 0 aliphatic heterocycles. The Hall–Kier alpha value is -2.37. The van der Waals surface area contributed by atoms with Crippen LogP contribution in [0, 0.1) is 6.92 Å². The van der Waals surface area contributed by atoms with Crippen molar-refractivity contribution in [2.24, 2.45) is 0 Å². The van der Waals surface area contributed by atoms with Gasteiger partial charge < -0.3 is 15.0 Å². The van der Waals surface area contributed by atoms with Crippen molar-refractivity contribution < 1.29 is 14.7 Å². The number of hydrogen-bond donors (Lipinski definition) is 2. The maximum atomic E-state index is 11.9. The number of nitrogens with one attached hydrogen (secondary N) is 1. The van der Waals surface area contributed by atoms with Gasteiger partial charge in [-0.15, -0.1) is 0 Å². The van der Waals surface area contributed by atoms with E-state index in [-0.39, 0.29) is 18.0 Å². The third-order valence-electron chi connectivity index (χ3n) is 3.43. The molecule has 0 atom stereocenters. The number of imidazole rings is 1. The van der Waals surface area contributed by atoms with E-state index < -0.39 is 5.97 Å². The lowest BCUT2D eigenvalue weighted by molar-refractivity contribution is -0.121. The number of rotatable bonds is 4. The van der Waals surface area contributed by atoms with Crippen molar-refractivity contribution in [2.75, 3.05) is 0 Å². The number of carbonyl (C=O) groups is 2. The predicted octanol–water partition coefficient (Wildman–Crippen LogP) is 1.32. The number of carbonyl (C=O) groups excluding carboxylic acids is 1. The molecule has 0 spiro atoms. The topological polar surface area (TPSA) is 84.2 Å². The second kappa shape index (κ2) is 4.63. The van der Waals surface area contributed by atoms with Crippen molar-refractivity contribution in [1.82, 2.24) is 14.9 Å². The predicted molar refractivity (Wildman–Crippen MR) is 72.6 cm³/mol. The first-order chi connectivity index (χ1) is 9.54. The fourth-order valence-corrected chi connectivity index (χ4v) is 2.23. The number of aromatic carboxylic acids is 1. The van der Waals surface area contributed by atoms with E-state index in [0.29, 0.717) is 17.4 Å². The van der Waals surface area contributed by atoms with E-state index in [1.807, 2.05) is 6.92 Å². The maximum absolute atomic E-state index is 11.9. The molecule has 1 amide bonds. The van der Waals surface area contributed by atoms with Crippen LogP contribution in [-0.4, -0.2) is 32.6 Å². The lowest BCUT2D eigenvalue weighted by Gasteiger charge is -2.07. The van der Waals surface area contributed by atoms with Gasteiger partial charge in [0, 0.05) is 6.04 Å². The van der Waals surface area contributed by atoms with E-state index >= 15 is 0 Å². The molecule has 1 fully saturated rings. The number of aryl methyl sites for hydroxylation is 1. The summed E-state index contributed by atoms with van der Waals surface area (Å²) in [5.41, 5.74) is 1.57. The van der Waals surface area contributed by atoms with Crippen molar-refractivity contribution in [3.63, 3.8) is 0 Å². The Morgan fingerprint density at radius 2 is 2.20 bits per heavy atom. The molecule has 2 aromatic rings. The molecule has 1 aliphatic rings. The van der Waals surface area contributed by atoms with Crippen LogP contribution in [0.25, 0.3) is 11.0 Å². The lowest BCUT2D eigenvalue weighted by Crippen LogP contribution is -2.29. The first-order valence-corrected chi connectivity index (χ1v) is 6.54. The minimum absolute atomic E-state index is 0.0304. The average Bonchev–Trinajstić information content (AvgIpc) is 3.14. The molecule has 1 aliphatic carbocycles. The number of fused-ring (bicyclic) bond motifs is 1. The Morgan fingerprint density at radius 3 is 2.85 bits per heavy atom. The third-order valence-corrected chi connectivity index (χ3v) is 3.43. The van der Waals surface area contributed by atoms with E-state index in [4.69, 9.17) is 5.11 Å². The van der Waals surface area contributed by atoms with Crippen molar-refractivity contribution in [2.45, 2.75) is 32.4 Å². The quantitative estimate of drug-likeness (QED) is 0.880. The highest BCUT2D eigenvalue weighted by molar-refractivity contribution is 5.92. The van der Waals surface area contributed by atoms with Crippen LogP contribution < -0.4 is 5.32 Å². The van der Waals surface area contributed by atoms with Crippen LogP contribution in [0.5, 0.6) is 0 Å². The van der Waals surface area contributed by atoms with Crippen LogP contribution in [0.4, 0.5) is 0 Å². The van der Waals surface area contributed by atoms with Gasteiger partial charge in [-0.25, -0.2) is 9.78 Å². The van der Waals surface area contributed by atoms with Gasteiger partial charge in [-0.2, -0.15) is 0 Å². The molecule has 0 saturated heterocycles. The molecule has 6 heteroatoms. The van der Waals surface area contributed by atoms with E-state index in [1.54, 1.807) is 10.6 Å². The molecular weight excluding hydrogens is 258 g/mol. The Kier molecular flexibility index (Phi) is 2.93. The van der Waals surface area contributed by atoms with Gasteiger partial charge in [0.1, 0.15) is 12.4 Å². The zero-order valence-electron chi connectivity index (χ0n) is 11.1. The van der Waals surface area contributed by atoms with Crippen LogP contribution in [-0.2, 0) is 11.3 Å². The van der Waals surface area contributed by atoms with Gasteiger partial charge in [-0.05, 0) is 38.0 Å². The average molecular weight is 273 g/mol. The monoisotopic (exact) mass is 273 g/mol. The lowest BCUT2D eigenvalue weighted by atomic mass is 10.2. The van der Waals surface area contributed by atoms with Crippen LogP contribution in [0.15, 0.2) is 18.2 Å². The summed E-state index contributed by atoms with van der Waals surface area (Å²) in [4.78, 5) is 27.1. The summed E-state index contributed by atoms with van der Waals surface area (Å²) in [5, 5.41) is 11.9. The Balaban J connectivity index is 1.91. The van der Waals surface area contributed by atoms with Crippen LogP contribution in [0.3, 0.4) is 0 Å². The van der Waals surface area contributed by atoms with Crippen LogP contribution in [0.2, 0.25) is 0 Å². The number of carboxylic acids is 1. The Morgan fingerprint density at radius 1 is 1.45 bits per heavy atom. The van der Waals surface area contributed by atoms with Gasteiger partial charge in [0.15, 0.2) is 0 Å². The molecule has 104 valence electrons. The molecule has 1 saturated carbocycles. The summed E-state index contributed by atoms with van der Waals surface area (Å²) in [6.07, 6.45) is 2.11. The molecule has 0 unspecified atom stereocenters. The number of hydrogen-bond acceptors (Lipinski definition) is 3. The number of aromatic nitrogens is 2. The highest BCUT2D eigenvalue weighted by atomic mass is 16.4. The largest absolute Gasteiger partial charge is 0.478 e. The van der Waals surface area contributed by atoms with Crippen molar-refractivity contribution in [1.29, 1.82) is 0 Å². The molecule has 6 nitrogen and oxygen atoms in total. The van der Waals surface area contributed by atoms with Gasteiger partial charge >= 0.3 is 5.97 Å². The van der Waals surface area contributed by atoms with Crippen molar-refractivity contribution >= 4 is 22.9 Å². The minimum atomic E-state index is -0.981. The zero-order valence-corrected chi connectivity index (χ0v) is 11.1. The number of amides is 1. The zero-order chi connectivity index (χ0) is 14.3. The molecule has 3 rings (SSSR count). The van der Waals surface area contributed by atoms with E-state index in [9.17, 15) is 9.59 Å². The summed E-state index contributed by atoms with van der Waals surface area (Å²) in [6, 6.07) is 5.08. The normalized spacial score (nSPS) is 14.4. The van der Waals surface area contributed by atoms with Crippen LogP contribution in [0.1, 0.15) is 29.0 Å². The summed E-state index contributed by atoms with van der Waals surface area (Å²) >= 11 is 0. The molecular formula is C14H15N3O3. The van der Waals surface area contributed by atoms with E-state index in [2.05, 4.69) is 10.3 Å². The SMILES string of the molecule is Cc1nc2cc(C(=O)O)ccc2n1CC(=O)NC1CC1. The summed E-state index contributed by atoms with van der Waals surface area (Å²) in [7, 11) is 0. The van der Waals surface area contributed by atoms with Gasteiger partial charge in [0.25, 0.3) is 0 Å². The summed E-state index contributed by atoms with van der Waals surface area (Å²) < 4.78 is 1.80. The molecule has 0 radical (unpaired) electrons.